The fraction of sp³-hybridized carbons (Fsp3) is 0.350. The minimum absolute atomic E-state index is 0.0371. The van der Waals surface area contributed by atoms with Gasteiger partial charge in [-0.25, -0.2) is 4.79 Å². The molecule has 142 valence electrons. The minimum atomic E-state index is -0.375. The highest BCUT2D eigenvalue weighted by Gasteiger charge is 2.34. The number of benzene rings is 1. The number of furan rings is 1. The number of rotatable bonds is 7. The van der Waals surface area contributed by atoms with Crippen molar-refractivity contribution >= 4 is 17.8 Å². The van der Waals surface area contributed by atoms with Crippen molar-refractivity contribution in [3.8, 4) is 0 Å². The van der Waals surface area contributed by atoms with Gasteiger partial charge < -0.3 is 19.4 Å². The zero-order valence-corrected chi connectivity index (χ0v) is 15.1. The summed E-state index contributed by atoms with van der Waals surface area (Å²) in [6.07, 6.45) is 2.43. The first-order valence-electron chi connectivity index (χ1n) is 8.82. The Labute approximate surface area is 157 Å². The van der Waals surface area contributed by atoms with Crippen LogP contribution in [0.4, 0.5) is 0 Å². The van der Waals surface area contributed by atoms with Crippen LogP contribution in [0.15, 0.2) is 47.1 Å². The monoisotopic (exact) mass is 370 g/mol. The molecule has 1 N–H and O–H groups in total. The van der Waals surface area contributed by atoms with Gasteiger partial charge in [-0.2, -0.15) is 0 Å². The van der Waals surface area contributed by atoms with Crippen molar-refractivity contribution in [3.05, 3.63) is 59.5 Å². The summed E-state index contributed by atoms with van der Waals surface area (Å²) in [5.41, 5.74) is 1.50. The molecule has 0 aliphatic carbocycles. The van der Waals surface area contributed by atoms with Crippen molar-refractivity contribution < 1.29 is 23.5 Å². The molecule has 1 atom stereocenters. The Morgan fingerprint density at radius 3 is 2.70 bits per heavy atom. The number of carbonyl (C=O) groups is 3. The first kappa shape index (κ1) is 18.7. The van der Waals surface area contributed by atoms with Gasteiger partial charge in [0.1, 0.15) is 5.76 Å². The molecular formula is C20H22N2O5. The van der Waals surface area contributed by atoms with Gasteiger partial charge in [0.25, 0.3) is 0 Å². The number of esters is 1. The van der Waals surface area contributed by atoms with Gasteiger partial charge in [-0.15, -0.1) is 0 Å². The molecule has 3 rings (SSSR count). The van der Waals surface area contributed by atoms with Crippen LogP contribution in [0.3, 0.4) is 0 Å². The minimum Gasteiger partial charge on any atom is -0.467 e. The Hall–Kier alpha value is -3.09. The first-order chi connectivity index (χ1) is 13.1. The average molecular weight is 370 g/mol. The van der Waals surface area contributed by atoms with Crippen molar-refractivity contribution in [3.63, 3.8) is 0 Å². The van der Waals surface area contributed by atoms with Crippen molar-refractivity contribution in [2.45, 2.75) is 19.4 Å². The highest BCUT2D eigenvalue weighted by atomic mass is 16.5. The second kappa shape index (κ2) is 8.53. The molecule has 1 saturated heterocycles. The molecule has 1 aromatic carbocycles. The summed E-state index contributed by atoms with van der Waals surface area (Å²) in [5, 5.41) is 2.89. The molecule has 2 heterocycles. The molecule has 1 aromatic heterocycles. The summed E-state index contributed by atoms with van der Waals surface area (Å²) >= 11 is 0. The van der Waals surface area contributed by atoms with Crippen LogP contribution in [0.5, 0.6) is 0 Å². The Kier molecular flexibility index (Phi) is 5.90. The van der Waals surface area contributed by atoms with Gasteiger partial charge in [-0.05, 0) is 36.2 Å². The third-order valence-corrected chi connectivity index (χ3v) is 4.60. The van der Waals surface area contributed by atoms with Crippen LogP contribution < -0.4 is 5.32 Å². The highest BCUT2D eigenvalue weighted by Crippen LogP contribution is 2.20. The maximum Gasteiger partial charge on any atom is 0.337 e. The van der Waals surface area contributed by atoms with Crippen LogP contribution in [0.1, 0.15) is 28.1 Å². The SMILES string of the molecule is COC(=O)c1ccc(CCNC(=O)C2CC(=O)N(Cc3ccco3)C2)cc1. The van der Waals surface area contributed by atoms with Crippen LogP contribution in [-0.4, -0.2) is 42.9 Å². The second-order valence-corrected chi connectivity index (χ2v) is 6.48. The fourth-order valence-corrected chi connectivity index (χ4v) is 3.09. The smallest absolute Gasteiger partial charge is 0.337 e. The van der Waals surface area contributed by atoms with E-state index in [1.165, 1.54) is 7.11 Å². The summed E-state index contributed by atoms with van der Waals surface area (Å²) in [7, 11) is 1.34. The molecule has 1 aliphatic rings. The van der Waals surface area contributed by atoms with Crippen LogP contribution >= 0.6 is 0 Å². The van der Waals surface area contributed by atoms with E-state index in [0.717, 1.165) is 5.56 Å². The number of hydrogen-bond donors (Lipinski definition) is 1. The van der Waals surface area contributed by atoms with Gasteiger partial charge >= 0.3 is 5.97 Å². The molecular weight excluding hydrogens is 348 g/mol. The van der Waals surface area contributed by atoms with E-state index in [0.29, 0.717) is 37.4 Å². The van der Waals surface area contributed by atoms with E-state index in [-0.39, 0.29) is 30.1 Å². The Balaban J connectivity index is 1.44. The lowest BCUT2D eigenvalue weighted by Crippen LogP contribution is -2.34. The number of nitrogens with zero attached hydrogens (tertiary/aromatic N) is 1. The molecule has 7 heteroatoms. The predicted molar refractivity (Wildman–Crippen MR) is 96.7 cm³/mol. The van der Waals surface area contributed by atoms with E-state index in [2.05, 4.69) is 10.1 Å². The van der Waals surface area contributed by atoms with Crippen LogP contribution in [0, 0.1) is 5.92 Å². The lowest BCUT2D eigenvalue weighted by atomic mass is 10.1. The molecule has 2 amide bonds. The summed E-state index contributed by atoms with van der Waals surface area (Å²) < 4.78 is 9.92. The number of amides is 2. The number of ether oxygens (including phenoxy) is 1. The summed E-state index contributed by atoms with van der Waals surface area (Å²) in [6, 6.07) is 10.7. The standard InChI is InChI=1S/C20H22N2O5/c1-26-20(25)15-6-4-14(5-7-15)8-9-21-19(24)16-11-18(23)22(12-16)13-17-3-2-10-27-17/h2-7,10,16H,8-9,11-13H2,1H3,(H,21,24). The number of nitrogens with one attached hydrogen (secondary N) is 1. The topological polar surface area (TPSA) is 88.8 Å². The zero-order valence-electron chi connectivity index (χ0n) is 15.1. The number of carbonyl (C=O) groups excluding carboxylic acids is 3. The molecule has 2 aromatic rings. The number of likely N-dealkylation sites (tertiary alicyclic amines) is 1. The molecule has 0 spiro atoms. The van der Waals surface area contributed by atoms with Gasteiger partial charge in [-0.3, -0.25) is 9.59 Å². The molecule has 0 radical (unpaired) electrons. The normalized spacial score (nSPS) is 16.4. The van der Waals surface area contributed by atoms with E-state index in [9.17, 15) is 14.4 Å². The molecule has 27 heavy (non-hydrogen) atoms. The van der Waals surface area contributed by atoms with E-state index in [1.807, 2.05) is 18.2 Å². The van der Waals surface area contributed by atoms with Crippen LogP contribution in [0.25, 0.3) is 0 Å². The average Bonchev–Trinajstić information content (AvgIpc) is 3.32. The molecule has 1 fully saturated rings. The summed E-state index contributed by atoms with van der Waals surface area (Å²) in [6.45, 7) is 1.26. The lowest BCUT2D eigenvalue weighted by Gasteiger charge is -2.15. The van der Waals surface area contributed by atoms with Crippen molar-refractivity contribution in [2.75, 3.05) is 20.2 Å². The molecule has 7 nitrogen and oxygen atoms in total. The predicted octanol–water partition coefficient (Wildman–Crippen LogP) is 1.77. The zero-order chi connectivity index (χ0) is 19.2. The maximum absolute atomic E-state index is 12.3. The third-order valence-electron chi connectivity index (χ3n) is 4.60. The molecule has 1 unspecified atom stereocenters. The van der Waals surface area contributed by atoms with Gasteiger partial charge in [0, 0.05) is 19.5 Å². The first-order valence-corrected chi connectivity index (χ1v) is 8.82. The molecule has 1 aliphatic heterocycles. The summed E-state index contributed by atoms with van der Waals surface area (Å²) in [4.78, 5) is 37.5. The Bertz CT molecular complexity index is 798. The van der Waals surface area contributed by atoms with Gasteiger partial charge in [0.05, 0.1) is 31.4 Å². The maximum atomic E-state index is 12.3. The second-order valence-electron chi connectivity index (χ2n) is 6.48. The van der Waals surface area contributed by atoms with Crippen molar-refractivity contribution in [1.82, 2.24) is 10.2 Å². The Morgan fingerprint density at radius 2 is 2.04 bits per heavy atom. The van der Waals surface area contributed by atoms with Crippen molar-refractivity contribution in [1.29, 1.82) is 0 Å². The molecule has 0 saturated carbocycles. The highest BCUT2D eigenvalue weighted by molar-refractivity contribution is 5.89. The van der Waals surface area contributed by atoms with Crippen LogP contribution in [0.2, 0.25) is 0 Å². The largest absolute Gasteiger partial charge is 0.467 e. The van der Waals surface area contributed by atoms with Gasteiger partial charge in [-0.1, -0.05) is 12.1 Å². The van der Waals surface area contributed by atoms with E-state index < -0.39 is 0 Å². The number of hydrogen-bond acceptors (Lipinski definition) is 5. The number of methoxy groups -OCH3 is 1. The van der Waals surface area contributed by atoms with Gasteiger partial charge in [0.2, 0.25) is 11.8 Å². The fourth-order valence-electron chi connectivity index (χ4n) is 3.09. The Morgan fingerprint density at radius 1 is 1.26 bits per heavy atom. The van der Waals surface area contributed by atoms with Crippen LogP contribution in [-0.2, 0) is 27.3 Å². The van der Waals surface area contributed by atoms with E-state index in [1.54, 1.807) is 29.4 Å². The van der Waals surface area contributed by atoms with E-state index in [4.69, 9.17) is 4.42 Å². The summed E-state index contributed by atoms with van der Waals surface area (Å²) in [5.74, 6) is -0.157. The lowest BCUT2D eigenvalue weighted by molar-refractivity contribution is -0.129. The third kappa shape index (κ3) is 4.75. The van der Waals surface area contributed by atoms with Crippen molar-refractivity contribution in [2.24, 2.45) is 5.92 Å². The molecule has 0 bridgehead atoms. The van der Waals surface area contributed by atoms with Gasteiger partial charge in [0.15, 0.2) is 0 Å². The quantitative estimate of drug-likeness (QED) is 0.751. The van der Waals surface area contributed by atoms with E-state index >= 15 is 0 Å².